The highest BCUT2D eigenvalue weighted by molar-refractivity contribution is 7.47. The molecule has 0 bridgehead atoms. The highest BCUT2D eigenvalue weighted by Crippen LogP contribution is 2.49. The molecule has 1 aliphatic rings. The molecule has 17 nitrogen and oxygen atoms in total. The Balaban J connectivity index is 2.67. The lowest BCUT2D eigenvalue weighted by Gasteiger charge is -2.43. The summed E-state index contributed by atoms with van der Waals surface area (Å²) >= 11 is 0. The number of ether oxygens (including phenoxy) is 2. The van der Waals surface area contributed by atoms with E-state index in [1.54, 1.807) is 12.2 Å². The fraction of sp³-hybridized carbons (Fsp3) is 0.766. The Hall–Kier alpha value is -2.37. The van der Waals surface area contributed by atoms with Crippen LogP contribution in [0.2, 0.25) is 0 Å². The summed E-state index contributed by atoms with van der Waals surface area (Å²) in [5.41, 5.74) is 0. The van der Waals surface area contributed by atoms with E-state index in [9.17, 15) is 48.8 Å². The minimum atomic E-state index is -5.39. The highest BCUT2D eigenvalue weighted by Gasteiger charge is 2.54. The molecule has 0 aromatic heterocycles. The predicted octanol–water partition coefficient (Wildman–Crippen LogP) is 8.46. The first-order valence-corrected chi connectivity index (χ1v) is 27.2. The standard InChI is InChI=1S/C47H82O17P2/c1-3-5-7-9-11-13-15-17-18-20-22-24-26-28-30-34-40(49)60-36-39(37-61-66(58,59)64-47-44(53)42(51)43(52)46(45(47)54)63-65(55,56)57)62-41(50)35-31-33-38(48)32-29-27-25-23-21-19-16-14-12-10-8-6-4-2/h12,14,19,21,25,27,29,32,39,42-47,51-54H,3-11,13,15-18,20,22-24,26,28,30-31,33-37H2,1-2H3,(H,58,59)(H2,55,56,57)/b14-12-,21-19-,27-25-,32-29+/t39-,42?,43?,44?,45?,46-,47+/m1/s1. The van der Waals surface area contributed by atoms with Crippen molar-refractivity contribution >= 4 is 33.4 Å². The number of hydrogen-bond acceptors (Lipinski definition) is 14. The van der Waals surface area contributed by atoms with Gasteiger partial charge in [0, 0.05) is 19.3 Å². The topological polar surface area (TPSA) is 273 Å². The number of hydrogen-bond donors (Lipinski definition) is 7. The summed E-state index contributed by atoms with van der Waals surface area (Å²) in [6, 6.07) is 0. The number of unbranched alkanes of at least 4 members (excludes halogenated alkanes) is 17. The predicted molar refractivity (Wildman–Crippen MR) is 251 cm³/mol. The van der Waals surface area contributed by atoms with Gasteiger partial charge in [0.1, 0.15) is 43.2 Å². The minimum absolute atomic E-state index is 0.0122. The van der Waals surface area contributed by atoms with Gasteiger partial charge in [0.05, 0.1) is 6.61 Å². The first-order chi connectivity index (χ1) is 31.5. The molecule has 8 atom stereocenters. The Morgan fingerprint density at radius 3 is 1.61 bits per heavy atom. The zero-order valence-electron chi connectivity index (χ0n) is 39.4. The molecule has 66 heavy (non-hydrogen) atoms. The van der Waals surface area contributed by atoms with Crippen LogP contribution in [0.3, 0.4) is 0 Å². The van der Waals surface area contributed by atoms with Crippen molar-refractivity contribution in [3.8, 4) is 0 Å². The Bertz CT molecular complexity index is 1530. The Morgan fingerprint density at radius 1 is 0.530 bits per heavy atom. The van der Waals surface area contributed by atoms with Crippen LogP contribution >= 0.6 is 15.6 Å². The molecule has 1 rings (SSSR count). The van der Waals surface area contributed by atoms with Crippen molar-refractivity contribution in [2.75, 3.05) is 13.2 Å². The smallest absolute Gasteiger partial charge is 0.462 e. The average molecular weight is 981 g/mol. The average Bonchev–Trinajstić information content (AvgIpc) is 3.26. The number of ketones is 1. The molecule has 0 aliphatic heterocycles. The van der Waals surface area contributed by atoms with Gasteiger partial charge in [-0.05, 0) is 44.6 Å². The minimum Gasteiger partial charge on any atom is -0.462 e. The number of phosphoric ester groups is 2. The van der Waals surface area contributed by atoms with E-state index >= 15 is 0 Å². The second-order valence-electron chi connectivity index (χ2n) is 16.9. The van der Waals surface area contributed by atoms with Gasteiger partial charge in [0.15, 0.2) is 11.9 Å². The fourth-order valence-electron chi connectivity index (χ4n) is 7.10. The van der Waals surface area contributed by atoms with Crippen LogP contribution in [0.1, 0.15) is 174 Å². The maximum atomic E-state index is 13.0. The van der Waals surface area contributed by atoms with Crippen molar-refractivity contribution in [3.63, 3.8) is 0 Å². The molecule has 0 saturated heterocycles. The van der Waals surface area contributed by atoms with Crippen LogP contribution in [0.25, 0.3) is 0 Å². The molecule has 0 heterocycles. The van der Waals surface area contributed by atoms with E-state index in [0.29, 0.717) is 12.8 Å². The van der Waals surface area contributed by atoms with Crippen LogP contribution in [0.4, 0.5) is 0 Å². The van der Waals surface area contributed by atoms with E-state index in [1.807, 2.05) is 12.2 Å². The number of aliphatic hydroxyl groups excluding tert-OH is 4. The normalized spacial score (nSPS) is 21.8. The van der Waals surface area contributed by atoms with Gasteiger partial charge >= 0.3 is 27.6 Å². The third kappa shape index (κ3) is 31.6. The van der Waals surface area contributed by atoms with E-state index in [2.05, 4.69) is 36.6 Å². The summed E-state index contributed by atoms with van der Waals surface area (Å²) in [5.74, 6) is -1.69. The molecule has 7 N–H and O–H groups in total. The Labute approximate surface area is 392 Å². The van der Waals surface area contributed by atoms with Gasteiger partial charge in [-0.3, -0.25) is 28.0 Å². The van der Waals surface area contributed by atoms with Crippen LogP contribution in [0.15, 0.2) is 48.6 Å². The summed E-state index contributed by atoms with van der Waals surface area (Å²) in [5, 5.41) is 41.2. The third-order valence-electron chi connectivity index (χ3n) is 10.9. The number of carbonyl (C=O) groups is 3. The molecule has 0 aromatic rings. The Morgan fingerprint density at radius 2 is 1.03 bits per heavy atom. The van der Waals surface area contributed by atoms with Gasteiger partial charge in [-0.1, -0.05) is 159 Å². The summed E-state index contributed by atoms with van der Waals surface area (Å²) in [6.07, 6.45) is 23.5. The van der Waals surface area contributed by atoms with Gasteiger partial charge in [-0.15, -0.1) is 0 Å². The lowest BCUT2D eigenvalue weighted by molar-refractivity contribution is -0.216. The molecule has 19 heteroatoms. The summed E-state index contributed by atoms with van der Waals surface area (Å²) in [4.78, 5) is 66.6. The molecule has 0 aromatic carbocycles. The summed E-state index contributed by atoms with van der Waals surface area (Å²) in [7, 11) is -10.8. The monoisotopic (exact) mass is 981 g/mol. The molecule has 1 aliphatic carbocycles. The molecule has 382 valence electrons. The molecule has 5 unspecified atom stereocenters. The maximum absolute atomic E-state index is 13.0. The zero-order valence-corrected chi connectivity index (χ0v) is 41.1. The number of allylic oxidation sites excluding steroid dienone is 8. The number of carbonyl (C=O) groups excluding carboxylic acids is 3. The van der Waals surface area contributed by atoms with E-state index in [1.165, 1.54) is 89.5 Å². The number of phosphoric acid groups is 2. The van der Waals surface area contributed by atoms with Crippen molar-refractivity contribution in [2.24, 2.45) is 0 Å². The van der Waals surface area contributed by atoms with Crippen LogP contribution in [-0.4, -0.2) is 109 Å². The zero-order chi connectivity index (χ0) is 49.1. The first kappa shape index (κ1) is 61.6. The van der Waals surface area contributed by atoms with E-state index in [4.69, 9.17) is 28.3 Å². The largest absolute Gasteiger partial charge is 0.472 e. The van der Waals surface area contributed by atoms with Crippen LogP contribution < -0.4 is 0 Å². The molecule has 1 saturated carbocycles. The lowest BCUT2D eigenvalue weighted by atomic mass is 9.85. The van der Waals surface area contributed by atoms with Crippen LogP contribution in [-0.2, 0) is 46.6 Å². The molecular weight excluding hydrogens is 898 g/mol. The van der Waals surface area contributed by atoms with Crippen molar-refractivity contribution in [1.29, 1.82) is 0 Å². The second kappa shape index (κ2) is 37.5. The fourth-order valence-corrected chi connectivity index (χ4v) is 8.64. The van der Waals surface area contributed by atoms with Crippen molar-refractivity contribution < 1.29 is 81.7 Å². The van der Waals surface area contributed by atoms with Gasteiger partial charge in [-0.25, -0.2) is 9.13 Å². The molecule has 1 fully saturated rings. The third-order valence-corrected chi connectivity index (χ3v) is 12.4. The van der Waals surface area contributed by atoms with Gasteiger partial charge in [-0.2, -0.15) is 0 Å². The van der Waals surface area contributed by atoms with Gasteiger partial charge < -0.3 is 44.6 Å². The van der Waals surface area contributed by atoms with E-state index in [0.717, 1.165) is 38.5 Å². The van der Waals surface area contributed by atoms with E-state index < -0.39 is 83.5 Å². The van der Waals surface area contributed by atoms with Gasteiger partial charge in [0.25, 0.3) is 0 Å². The van der Waals surface area contributed by atoms with E-state index in [-0.39, 0.29) is 31.5 Å². The maximum Gasteiger partial charge on any atom is 0.472 e. The Kier molecular flexibility index (Phi) is 35.0. The number of esters is 2. The van der Waals surface area contributed by atoms with Crippen molar-refractivity contribution in [3.05, 3.63) is 48.6 Å². The van der Waals surface area contributed by atoms with Crippen LogP contribution in [0, 0.1) is 0 Å². The van der Waals surface area contributed by atoms with Crippen molar-refractivity contribution in [1.82, 2.24) is 0 Å². The number of rotatable bonds is 40. The SMILES string of the molecule is CCCCC/C=C\C/C=C\C/C=C\C=C\C(=O)CCCC(=O)O[C@H](COC(=O)CCCCCCCCCCCCCCCCC)COP(=O)(O)O[C@H]1C(O)C(O)C(O)[C@@H](OP(=O)(O)O)C1O. The first-order valence-electron chi connectivity index (χ1n) is 24.1. The molecule has 0 spiro atoms. The lowest BCUT2D eigenvalue weighted by Crippen LogP contribution is -2.64. The molecular formula is C47H82O17P2. The van der Waals surface area contributed by atoms with Crippen molar-refractivity contribution in [2.45, 2.75) is 217 Å². The molecule has 0 radical (unpaired) electrons. The van der Waals surface area contributed by atoms with Crippen LogP contribution in [0.5, 0.6) is 0 Å². The molecule has 0 amide bonds. The van der Waals surface area contributed by atoms with Gasteiger partial charge in [0.2, 0.25) is 0 Å². The number of aliphatic hydroxyl groups is 4. The summed E-state index contributed by atoms with van der Waals surface area (Å²) in [6.45, 7) is 2.88. The second-order valence-corrected chi connectivity index (χ2v) is 19.5. The summed E-state index contributed by atoms with van der Waals surface area (Å²) < 4.78 is 49.1. The highest BCUT2D eigenvalue weighted by atomic mass is 31.2. The quantitative estimate of drug-likeness (QED) is 0.00757.